The zero-order valence-electron chi connectivity index (χ0n) is 11.0. The summed E-state index contributed by atoms with van der Waals surface area (Å²) in [6, 6.07) is 7.92. The Balaban J connectivity index is 2.15. The van der Waals surface area contributed by atoms with Crippen molar-refractivity contribution >= 4 is 17.4 Å². The van der Waals surface area contributed by atoms with Crippen LogP contribution in [-0.4, -0.2) is 17.7 Å². The van der Waals surface area contributed by atoms with Crippen LogP contribution in [0.2, 0.25) is 0 Å². The van der Waals surface area contributed by atoms with E-state index >= 15 is 0 Å². The van der Waals surface area contributed by atoms with Crippen molar-refractivity contribution in [2.75, 3.05) is 6.61 Å². The number of alkyl carbamates (subject to hydrolysis) is 1. The van der Waals surface area contributed by atoms with E-state index in [2.05, 4.69) is 10.3 Å². The van der Waals surface area contributed by atoms with E-state index in [1.807, 2.05) is 36.6 Å². The van der Waals surface area contributed by atoms with Gasteiger partial charge in [0, 0.05) is 23.2 Å². The van der Waals surface area contributed by atoms with E-state index < -0.39 is 6.09 Å². The lowest BCUT2D eigenvalue weighted by Crippen LogP contribution is -2.23. The minimum atomic E-state index is -0.396. The highest BCUT2D eigenvalue weighted by atomic mass is 32.1. The molecule has 1 amide bonds. The molecule has 2 rings (SSSR count). The standard InChI is InChI=1S/C14H16N2O2S/c1-3-18-14(17)15-8-11-6-4-5-7-12(11)13-16-10(2)9-19-13/h4-7,9H,3,8H2,1-2H3,(H,15,17). The highest BCUT2D eigenvalue weighted by molar-refractivity contribution is 7.13. The van der Waals surface area contributed by atoms with Gasteiger partial charge < -0.3 is 10.1 Å². The Morgan fingerprint density at radius 3 is 2.89 bits per heavy atom. The van der Waals surface area contributed by atoms with Gasteiger partial charge in [-0.05, 0) is 19.4 Å². The topological polar surface area (TPSA) is 51.2 Å². The molecule has 0 saturated carbocycles. The van der Waals surface area contributed by atoms with Crippen LogP contribution in [0.4, 0.5) is 4.79 Å². The van der Waals surface area contributed by atoms with E-state index in [0.29, 0.717) is 13.2 Å². The van der Waals surface area contributed by atoms with Crippen molar-refractivity contribution in [2.24, 2.45) is 0 Å². The molecular weight excluding hydrogens is 260 g/mol. The summed E-state index contributed by atoms with van der Waals surface area (Å²) in [5, 5.41) is 5.72. The number of hydrogen-bond donors (Lipinski definition) is 1. The first kappa shape index (κ1) is 13.5. The van der Waals surface area contributed by atoms with Gasteiger partial charge in [-0.25, -0.2) is 9.78 Å². The monoisotopic (exact) mass is 276 g/mol. The molecule has 2 aromatic rings. The van der Waals surface area contributed by atoms with Crippen LogP contribution < -0.4 is 5.32 Å². The molecule has 1 heterocycles. The van der Waals surface area contributed by atoms with Gasteiger partial charge in [0.15, 0.2) is 0 Å². The van der Waals surface area contributed by atoms with Gasteiger partial charge in [-0.15, -0.1) is 11.3 Å². The van der Waals surface area contributed by atoms with Crippen molar-refractivity contribution in [3.63, 3.8) is 0 Å². The fourth-order valence-electron chi connectivity index (χ4n) is 1.71. The zero-order chi connectivity index (χ0) is 13.7. The quantitative estimate of drug-likeness (QED) is 0.931. The molecule has 0 radical (unpaired) electrons. The SMILES string of the molecule is CCOC(=O)NCc1ccccc1-c1nc(C)cs1. The van der Waals surface area contributed by atoms with Crippen molar-refractivity contribution in [1.29, 1.82) is 0 Å². The molecule has 0 spiro atoms. The number of nitrogens with zero attached hydrogens (tertiary/aromatic N) is 1. The Labute approximate surface area is 116 Å². The van der Waals surface area contributed by atoms with Crippen molar-refractivity contribution in [2.45, 2.75) is 20.4 Å². The lowest BCUT2D eigenvalue weighted by atomic mass is 10.1. The molecule has 19 heavy (non-hydrogen) atoms. The van der Waals surface area contributed by atoms with Crippen molar-refractivity contribution in [3.05, 3.63) is 40.9 Å². The van der Waals surface area contributed by atoms with Gasteiger partial charge in [-0.2, -0.15) is 0 Å². The number of carbonyl (C=O) groups is 1. The summed E-state index contributed by atoms with van der Waals surface area (Å²) in [5.41, 5.74) is 3.09. The van der Waals surface area contributed by atoms with E-state index in [4.69, 9.17) is 4.74 Å². The number of hydrogen-bond acceptors (Lipinski definition) is 4. The number of nitrogens with one attached hydrogen (secondary N) is 1. The van der Waals surface area contributed by atoms with Crippen LogP contribution in [0, 0.1) is 6.92 Å². The number of ether oxygens (including phenoxy) is 1. The number of aryl methyl sites for hydroxylation is 1. The molecule has 100 valence electrons. The Morgan fingerprint density at radius 2 is 2.21 bits per heavy atom. The lowest BCUT2D eigenvalue weighted by Gasteiger charge is -2.08. The Bertz CT molecular complexity index is 566. The minimum absolute atomic E-state index is 0.374. The van der Waals surface area contributed by atoms with Gasteiger partial charge in [0.25, 0.3) is 0 Å². The normalized spacial score (nSPS) is 10.2. The van der Waals surface area contributed by atoms with Gasteiger partial charge in [-0.1, -0.05) is 24.3 Å². The first-order chi connectivity index (χ1) is 9.20. The van der Waals surface area contributed by atoms with Crippen LogP contribution in [-0.2, 0) is 11.3 Å². The second-order valence-electron chi connectivity index (χ2n) is 4.03. The van der Waals surface area contributed by atoms with Crippen LogP contribution in [0.25, 0.3) is 10.6 Å². The number of benzene rings is 1. The summed E-state index contributed by atoms with van der Waals surface area (Å²) in [5.74, 6) is 0. The predicted molar refractivity (Wildman–Crippen MR) is 76.1 cm³/mol. The summed E-state index contributed by atoms with van der Waals surface area (Å²) >= 11 is 1.61. The molecular formula is C14H16N2O2S. The average Bonchev–Trinajstić information content (AvgIpc) is 2.84. The number of aromatic nitrogens is 1. The molecule has 4 nitrogen and oxygen atoms in total. The Hall–Kier alpha value is -1.88. The molecule has 1 N–H and O–H groups in total. The maximum atomic E-state index is 11.3. The third-order valence-corrected chi connectivity index (χ3v) is 3.56. The number of rotatable bonds is 4. The third-order valence-electron chi connectivity index (χ3n) is 2.57. The fraction of sp³-hybridized carbons (Fsp3) is 0.286. The van der Waals surface area contributed by atoms with Crippen molar-refractivity contribution in [3.8, 4) is 10.6 Å². The summed E-state index contributed by atoms with van der Waals surface area (Å²) in [6.45, 7) is 4.57. The van der Waals surface area contributed by atoms with Gasteiger partial charge >= 0.3 is 6.09 Å². The molecule has 0 unspecified atom stereocenters. The van der Waals surface area contributed by atoms with Gasteiger partial charge in [0.2, 0.25) is 0 Å². The Kier molecular flexibility index (Phi) is 4.52. The predicted octanol–water partition coefficient (Wildman–Crippen LogP) is 3.36. The fourth-order valence-corrected chi connectivity index (χ4v) is 2.57. The van der Waals surface area contributed by atoms with Gasteiger partial charge in [0.1, 0.15) is 5.01 Å². The van der Waals surface area contributed by atoms with Crippen LogP contribution in [0.3, 0.4) is 0 Å². The summed E-state index contributed by atoms with van der Waals surface area (Å²) in [7, 11) is 0. The number of thiazole rings is 1. The molecule has 0 aliphatic carbocycles. The lowest BCUT2D eigenvalue weighted by molar-refractivity contribution is 0.151. The molecule has 1 aromatic heterocycles. The Morgan fingerprint density at radius 1 is 1.42 bits per heavy atom. The minimum Gasteiger partial charge on any atom is -0.450 e. The molecule has 0 aliphatic rings. The van der Waals surface area contributed by atoms with E-state index in [1.165, 1.54) is 0 Å². The second kappa shape index (κ2) is 6.33. The second-order valence-corrected chi connectivity index (χ2v) is 4.88. The maximum absolute atomic E-state index is 11.3. The highest BCUT2D eigenvalue weighted by Gasteiger charge is 2.09. The van der Waals surface area contributed by atoms with Crippen LogP contribution >= 0.6 is 11.3 Å². The van der Waals surface area contributed by atoms with Crippen molar-refractivity contribution in [1.82, 2.24) is 10.3 Å². The number of amides is 1. The van der Waals surface area contributed by atoms with Crippen LogP contribution in [0.1, 0.15) is 18.2 Å². The van der Waals surface area contributed by atoms with Gasteiger partial charge in [0.05, 0.1) is 6.61 Å². The van der Waals surface area contributed by atoms with E-state index in [0.717, 1.165) is 21.8 Å². The van der Waals surface area contributed by atoms with E-state index in [9.17, 15) is 4.79 Å². The van der Waals surface area contributed by atoms with Crippen LogP contribution in [0.5, 0.6) is 0 Å². The first-order valence-electron chi connectivity index (χ1n) is 6.11. The molecule has 0 atom stereocenters. The summed E-state index contributed by atoms with van der Waals surface area (Å²) in [6.07, 6.45) is -0.396. The summed E-state index contributed by atoms with van der Waals surface area (Å²) in [4.78, 5) is 15.8. The zero-order valence-corrected chi connectivity index (χ0v) is 11.8. The average molecular weight is 276 g/mol. The third kappa shape index (κ3) is 3.54. The van der Waals surface area contributed by atoms with E-state index in [-0.39, 0.29) is 0 Å². The largest absolute Gasteiger partial charge is 0.450 e. The van der Waals surface area contributed by atoms with E-state index in [1.54, 1.807) is 18.3 Å². The van der Waals surface area contributed by atoms with Gasteiger partial charge in [-0.3, -0.25) is 0 Å². The van der Waals surface area contributed by atoms with Crippen molar-refractivity contribution < 1.29 is 9.53 Å². The molecule has 0 saturated heterocycles. The molecule has 0 fully saturated rings. The first-order valence-corrected chi connectivity index (χ1v) is 6.99. The highest BCUT2D eigenvalue weighted by Crippen LogP contribution is 2.26. The molecule has 1 aromatic carbocycles. The van der Waals surface area contributed by atoms with Crippen LogP contribution in [0.15, 0.2) is 29.6 Å². The summed E-state index contributed by atoms with van der Waals surface area (Å²) < 4.78 is 4.85. The molecule has 0 aliphatic heterocycles. The number of carbonyl (C=O) groups excluding carboxylic acids is 1. The molecule has 5 heteroatoms. The maximum Gasteiger partial charge on any atom is 0.407 e. The smallest absolute Gasteiger partial charge is 0.407 e. The molecule has 0 bridgehead atoms.